The maximum atomic E-state index is 10.8. The van der Waals surface area contributed by atoms with Gasteiger partial charge in [-0.1, -0.05) is 12.1 Å². The molecular weight excluding hydrogens is 294 g/mol. The summed E-state index contributed by atoms with van der Waals surface area (Å²) in [6.45, 7) is 1.22. The first kappa shape index (κ1) is 14.9. The van der Waals surface area contributed by atoms with Crippen molar-refractivity contribution in [2.24, 2.45) is 0 Å². The number of carboxylic acid groups (broad SMARTS) is 1. The highest BCUT2D eigenvalue weighted by Gasteiger charge is 2.07. The number of nitrogen functional groups attached to an aromatic ring is 1. The first-order valence-corrected chi connectivity index (χ1v) is 7.32. The molecule has 0 aliphatic heterocycles. The van der Waals surface area contributed by atoms with Gasteiger partial charge in [-0.3, -0.25) is 0 Å². The molecule has 2 aromatic carbocycles. The minimum absolute atomic E-state index is 0.245. The molecule has 0 atom stereocenters. The predicted molar refractivity (Wildman–Crippen MR) is 87.7 cm³/mol. The molecule has 0 spiro atoms. The molecule has 6 nitrogen and oxygen atoms in total. The van der Waals surface area contributed by atoms with Gasteiger partial charge in [0.1, 0.15) is 5.75 Å². The number of para-hydroxylation sites is 2. The number of carbonyl (C=O) groups is 1. The van der Waals surface area contributed by atoms with Crippen LogP contribution in [0.4, 0.5) is 5.95 Å². The van der Waals surface area contributed by atoms with Crippen LogP contribution in [0.2, 0.25) is 0 Å². The second-order valence-corrected chi connectivity index (χ2v) is 5.14. The molecule has 3 aromatic rings. The summed E-state index contributed by atoms with van der Waals surface area (Å²) in [5, 5.41) is 8.85. The van der Waals surface area contributed by atoms with Crippen molar-refractivity contribution in [3.63, 3.8) is 0 Å². The average molecular weight is 311 g/mol. The van der Waals surface area contributed by atoms with Crippen molar-refractivity contribution in [2.45, 2.75) is 13.0 Å². The van der Waals surface area contributed by atoms with E-state index in [0.29, 0.717) is 24.8 Å². The number of nitrogens with zero attached hydrogens (tertiary/aromatic N) is 2. The Morgan fingerprint density at radius 1 is 1.17 bits per heavy atom. The van der Waals surface area contributed by atoms with E-state index in [9.17, 15) is 4.79 Å². The molecular formula is C17H17N3O3. The number of rotatable bonds is 6. The second-order valence-electron chi connectivity index (χ2n) is 5.14. The summed E-state index contributed by atoms with van der Waals surface area (Å²) in [4.78, 5) is 15.1. The van der Waals surface area contributed by atoms with E-state index in [1.165, 1.54) is 12.1 Å². The number of imidazole rings is 1. The number of aromatic carboxylic acids is 1. The lowest BCUT2D eigenvalue weighted by Gasteiger charge is -2.08. The zero-order valence-electron chi connectivity index (χ0n) is 12.5. The third-order valence-electron chi connectivity index (χ3n) is 3.58. The first-order chi connectivity index (χ1) is 11.1. The molecule has 0 saturated carbocycles. The highest BCUT2D eigenvalue weighted by Crippen LogP contribution is 2.18. The van der Waals surface area contributed by atoms with E-state index >= 15 is 0 Å². The highest BCUT2D eigenvalue weighted by atomic mass is 16.5. The van der Waals surface area contributed by atoms with Gasteiger partial charge in [-0.15, -0.1) is 0 Å². The van der Waals surface area contributed by atoms with Crippen LogP contribution >= 0.6 is 0 Å². The van der Waals surface area contributed by atoms with E-state index in [1.54, 1.807) is 12.1 Å². The van der Waals surface area contributed by atoms with Crippen molar-refractivity contribution >= 4 is 23.0 Å². The van der Waals surface area contributed by atoms with Gasteiger partial charge in [0.05, 0.1) is 23.2 Å². The third-order valence-corrected chi connectivity index (χ3v) is 3.58. The van der Waals surface area contributed by atoms with Gasteiger partial charge in [-0.05, 0) is 42.8 Å². The molecule has 3 N–H and O–H groups in total. The monoisotopic (exact) mass is 311 g/mol. The Kier molecular flexibility index (Phi) is 4.14. The summed E-state index contributed by atoms with van der Waals surface area (Å²) in [7, 11) is 0. The van der Waals surface area contributed by atoms with Crippen LogP contribution in [0.1, 0.15) is 16.8 Å². The zero-order valence-corrected chi connectivity index (χ0v) is 12.5. The minimum Gasteiger partial charge on any atom is -0.494 e. The van der Waals surface area contributed by atoms with Crippen LogP contribution in [-0.2, 0) is 6.54 Å². The van der Waals surface area contributed by atoms with Crippen LogP contribution in [0.5, 0.6) is 5.75 Å². The van der Waals surface area contributed by atoms with Crippen LogP contribution in [-0.4, -0.2) is 27.2 Å². The fraction of sp³-hybridized carbons (Fsp3) is 0.176. The summed E-state index contributed by atoms with van der Waals surface area (Å²) in [6.07, 6.45) is 0.769. The number of aryl methyl sites for hydroxylation is 1. The van der Waals surface area contributed by atoms with Gasteiger partial charge in [0, 0.05) is 6.54 Å². The zero-order chi connectivity index (χ0) is 16.2. The fourth-order valence-corrected chi connectivity index (χ4v) is 2.44. The minimum atomic E-state index is -0.945. The van der Waals surface area contributed by atoms with Crippen LogP contribution in [0, 0.1) is 0 Å². The molecule has 23 heavy (non-hydrogen) atoms. The fourth-order valence-electron chi connectivity index (χ4n) is 2.44. The first-order valence-electron chi connectivity index (χ1n) is 7.32. The van der Waals surface area contributed by atoms with Crippen LogP contribution in [0.25, 0.3) is 11.0 Å². The number of aromatic nitrogens is 2. The van der Waals surface area contributed by atoms with Gasteiger partial charge in [-0.25, -0.2) is 9.78 Å². The third kappa shape index (κ3) is 3.26. The maximum Gasteiger partial charge on any atom is 0.335 e. The number of ether oxygens (including phenoxy) is 1. The molecule has 0 fully saturated rings. The molecule has 3 rings (SSSR count). The molecule has 1 aromatic heterocycles. The van der Waals surface area contributed by atoms with E-state index < -0.39 is 5.97 Å². The summed E-state index contributed by atoms with van der Waals surface area (Å²) < 4.78 is 7.59. The molecule has 0 radical (unpaired) electrons. The number of nitrogens with two attached hydrogens (primary N) is 1. The molecule has 6 heteroatoms. The van der Waals surface area contributed by atoms with Crippen molar-refractivity contribution < 1.29 is 14.6 Å². The Balaban J connectivity index is 1.57. The molecule has 1 heterocycles. The summed E-state index contributed by atoms with van der Waals surface area (Å²) in [5.74, 6) is 0.203. The smallest absolute Gasteiger partial charge is 0.335 e. The summed E-state index contributed by atoms with van der Waals surface area (Å²) >= 11 is 0. The van der Waals surface area contributed by atoms with Crippen molar-refractivity contribution in [3.05, 3.63) is 54.1 Å². The number of benzene rings is 2. The standard InChI is InChI=1S/C17H17N3O3/c18-17-19-14-4-1-2-5-15(14)20(17)10-3-11-23-13-8-6-12(7-9-13)16(21)22/h1-2,4-9H,3,10-11H2,(H2,18,19)(H,21,22). The Bertz CT molecular complexity index is 825. The lowest BCUT2D eigenvalue weighted by Crippen LogP contribution is -2.07. The van der Waals surface area contributed by atoms with Gasteiger partial charge in [-0.2, -0.15) is 0 Å². The Morgan fingerprint density at radius 2 is 1.91 bits per heavy atom. The van der Waals surface area contributed by atoms with Crippen LogP contribution in [0.15, 0.2) is 48.5 Å². The maximum absolute atomic E-state index is 10.8. The molecule has 118 valence electrons. The van der Waals surface area contributed by atoms with Gasteiger partial charge in [0.25, 0.3) is 0 Å². The highest BCUT2D eigenvalue weighted by molar-refractivity contribution is 5.87. The van der Waals surface area contributed by atoms with Crippen molar-refractivity contribution in [1.29, 1.82) is 0 Å². The van der Waals surface area contributed by atoms with E-state index in [4.69, 9.17) is 15.6 Å². The number of fused-ring (bicyclic) bond motifs is 1. The lowest BCUT2D eigenvalue weighted by atomic mass is 10.2. The van der Waals surface area contributed by atoms with Gasteiger partial charge in [0.2, 0.25) is 5.95 Å². The normalized spacial score (nSPS) is 10.8. The molecule has 0 saturated heterocycles. The van der Waals surface area contributed by atoms with Crippen LogP contribution < -0.4 is 10.5 Å². The average Bonchev–Trinajstić information content (AvgIpc) is 2.87. The lowest BCUT2D eigenvalue weighted by molar-refractivity contribution is 0.0697. The van der Waals surface area contributed by atoms with Gasteiger partial charge < -0.3 is 20.1 Å². The van der Waals surface area contributed by atoms with E-state index in [2.05, 4.69) is 4.98 Å². The van der Waals surface area contributed by atoms with Crippen molar-refractivity contribution in [3.8, 4) is 5.75 Å². The predicted octanol–water partition coefficient (Wildman–Crippen LogP) is 2.79. The topological polar surface area (TPSA) is 90.4 Å². The Labute approximate surface area is 133 Å². The Morgan fingerprint density at radius 3 is 2.65 bits per heavy atom. The Hall–Kier alpha value is -3.02. The second kappa shape index (κ2) is 6.39. The van der Waals surface area contributed by atoms with E-state index in [0.717, 1.165) is 17.5 Å². The van der Waals surface area contributed by atoms with E-state index in [-0.39, 0.29) is 5.56 Å². The summed E-state index contributed by atoms with van der Waals surface area (Å²) in [6, 6.07) is 14.2. The van der Waals surface area contributed by atoms with Crippen molar-refractivity contribution in [2.75, 3.05) is 12.3 Å². The molecule has 0 amide bonds. The number of hydrogen-bond donors (Lipinski definition) is 2. The molecule has 0 unspecified atom stereocenters. The van der Waals surface area contributed by atoms with Gasteiger partial charge in [0.15, 0.2) is 0 Å². The number of hydrogen-bond acceptors (Lipinski definition) is 4. The largest absolute Gasteiger partial charge is 0.494 e. The molecule has 0 bridgehead atoms. The van der Waals surface area contributed by atoms with E-state index in [1.807, 2.05) is 28.8 Å². The number of anilines is 1. The quantitative estimate of drug-likeness (QED) is 0.683. The molecule has 0 aliphatic rings. The molecule has 0 aliphatic carbocycles. The number of carboxylic acids is 1. The summed E-state index contributed by atoms with van der Waals surface area (Å²) in [5.41, 5.74) is 8.09. The van der Waals surface area contributed by atoms with Gasteiger partial charge >= 0.3 is 5.97 Å². The SMILES string of the molecule is Nc1nc2ccccc2n1CCCOc1ccc(C(=O)O)cc1. The van der Waals surface area contributed by atoms with Crippen LogP contribution in [0.3, 0.4) is 0 Å². The van der Waals surface area contributed by atoms with Crippen molar-refractivity contribution in [1.82, 2.24) is 9.55 Å².